The minimum Gasteiger partial charge on any atom is -0.300 e. The number of rotatable bonds is 12. The van der Waals surface area contributed by atoms with Crippen LogP contribution in [0.3, 0.4) is 0 Å². The highest BCUT2D eigenvalue weighted by Gasteiger charge is 1.91. The summed E-state index contributed by atoms with van der Waals surface area (Å²) in [7, 11) is 0. The fourth-order valence-corrected chi connectivity index (χ4v) is 1.73. The van der Waals surface area contributed by atoms with Crippen molar-refractivity contribution in [3.8, 4) is 0 Å². The van der Waals surface area contributed by atoms with Crippen molar-refractivity contribution >= 4 is 5.78 Å². The summed E-state index contributed by atoms with van der Waals surface area (Å²) in [5.41, 5.74) is 0. The molecule has 0 radical (unpaired) electrons. The molecular formula is C19H30O. The molecule has 0 unspecified atom stereocenters. The molecule has 20 heavy (non-hydrogen) atoms. The van der Waals surface area contributed by atoms with Crippen LogP contribution in [0.15, 0.2) is 48.6 Å². The fraction of sp³-hybridized carbons (Fsp3) is 0.526. The van der Waals surface area contributed by atoms with E-state index in [4.69, 9.17) is 0 Å². The molecule has 1 heteroatoms. The van der Waals surface area contributed by atoms with Gasteiger partial charge in [-0.05, 0) is 51.9 Å². The van der Waals surface area contributed by atoms with E-state index in [1.165, 1.54) is 0 Å². The van der Waals surface area contributed by atoms with Crippen LogP contribution in [0.1, 0.15) is 65.2 Å². The number of unbranched alkanes of at least 4 members (excludes halogenated alkanes) is 2. The summed E-state index contributed by atoms with van der Waals surface area (Å²) < 4.78 is 0. The molecule has 0 bridgehead atoms. The molecule has 1 nitrogen and oxygen atoms in total. The molecule has 0 aliphatic rings. The SMILES string of the molecule is CC/C=C\C/C=C\C/C=C\C/C=C\CCCCC(C)=O. The van der Waals surface area contributed by atoms with E-state index in [1.807, 2.05) is 0 Å². The van der Waals surface area contributed by atoms with Gasteiger partial charge in [-0.3, -0.25) is 0 Å². The van der Waals surface area contributed by atoms with Crippen LogP contribution in [-0.4, -0.2) is 5.78 Å². The summed E-state index contributed by atoms with van der Waals surface area (Å²) in [6.07, 6.45) is 25.8. The Morgan fingerprint density at radius 2 is 1.25 bits per heavy atom. The third kappa shape index (κ3) is 16.6. The summed E-state index contributed by atoms with van der Waals surface area (Å²) in [6.45, 7) is 3.81. The normalized spacial score (nSPS) is 12.5. The zero-order valence-corrected chi connectivity index (χ0v) is 13.2. The van der Waals surface area contributed by atoms with Gasteiger partial charge in [0.15, 0.2) is 0 Å². The number of allylic oxidation sites excluding steroid dienone is 8. The molecule has 0 aromatic carbocycles. The predicted molar refractivity (Wildman–Crippen MR) is 89.9 cm³/mol. The quantitative estimate of drug-likeness (QED) is 0.318. The molecule has 0 rings (SSSR count). The van der Waals surface area contributed by atoms with Crippen molar-refractivity contribution in [1.29, 1.82) is 0 Å². The van der Waals surface area contributed by atoms with Crippen molar-refractivity contribution < 1.29 is 4.79 Å². The molecule has 0 aliphatic carbocycles. The molecule has 0 aliphatic heterocycles. The monoisotopic (exact) mass is 274 g/mol. The first kappa shape index (κ1) is 18.6. The van der Waals surface area contributed by atoms with Gasteiger partial charge in [0, 0.05) is 6.42 Å². The molecule has 0 aromatic rings. The number of carbonyl (C=O) groups is 1. The Hall–Kier alpha value is -1.37. The van der Waals surface area contributed by atoms with Crippen molar-refractivity contribution in [3.63, 3.8) is 0 Å². The van der Waals surface area contributed by atoms with Crippen LogP contribution in [0.4, 0.5) is 0 Å². The maximum Gasteiger partial charge on any atom is 0.129 e. The number of hydrogen-bond donors (Lipinski definition) is 0. The van der Waals surface area contributed by atoms with Crippen molar-refractivity contribution in [2.24, 2.45) is 0 Å². The first-order valence-electron chi connectivity index (χ1n) is 7.86. The average molecular weight is 274 g/mol. The van der Waals surface area contributed by atoms with Gasteiger partial charge >= 0.3 is 0 Å². The van der Waals surface area contributed by atoms with Gasteiger partial charge in [0.25, 0.3) is 0 Å². The Kier molecular flexibility index (Phi) is 14.6. The summed E-state index contributed by atoms with van der Waals surface area (Å²) in [6, 6.07) is 0. The van der Waals surface area contributed by atoms with E-state index in [0.29, 0.717) is 5.78 Å². The molecule has 0 amide bonds. The third-order valence-electron chi connectivity index (χ3n) is 2.87. The fourth-order valence-electron chi connectivity index (χ4n) is 1.73. The molecule has 0 heterocycles. The summed E-state index contributed by atoms with van der Waals surface area (Å²) >= 11 is 0. The van der Waals surface area contributed by atoms with E-state index in [9.17, 15) is 4.79 Å². The molecule has 0 saturated heterocycles. The summed E-state index contributed by atoms with van der Waals surface area (Å²) in [5.74, 6) is 0.301. The van der Waals surface area contributed by atoms with E-state index in [0.717, 1.165) is 51.4 Å². The number of Topliss-reactive ketones (excluding diaryl/α,β-unsaturated/α-hetero) is 1. The van der Waals surface area contributed by atoms with Crippen molar-refractivity contribution in [1.82, 2.24) is 0 Å². The van der Waals surface area contributed by atoms with Crippen LogP contribution < -0.4 is 0 Å². The largest absolute Gasteiger partial charge is 0.300 e. The number of ketones is 1. The van der Waals surface area contributed by atoms with Gasteiger partial charge in [0.2, 0.25) is 0 Å². The maximum absolute atomic E-state index is 10.7. The van der Waals surface area contributed by atoms with Crippen LogP contribution in [0.5, 0.6) is 0 Å². The Labute approximate surface area is 125 Å². The van der Waals surface area contributed by atoms with Crippen LogP contribution >= 0.6 is 0 Å². The lowest BCUT2D eigenvalue weighted by Gasteiger charge is -1.93. The smallest absolute Gasteiger partial charge is 0.129 e. The van der Waals surface area contributed by atoms with Gasteiger partial charge in [0.05, 0.1) is 0 Å². The zero-order valence-electron chi connectivity index (χ0n) is 13.2. The maximum atomic E-state index is 10.7. The Bertz CT molecular complexity index is 332. The second-order valence-corrected chi connectivity index (χ2v) is 4.95. The van der Waals surface area contributed by atoms with Gasteiger partial charge < -0.3 is 4.79 Å². The van der Waals surface area contributed by atoms with E-state index in [2.05, 4.69) is 55.5 Å². The molecule has 0 N–H and O–H groups in total. The zero-order chi connectivity index (χ0) is 14.9. The van der Waals surface area contributed by atoms with Crippen molar-refractivity contribution in [2.75, 3.05) is 0 Å². The second-order valence-electron chi connectivity index (χ2n) is 4.95. The van der Waals surface area contributed by atoms with Crippen LogP contribution in [-0.2, 0) is 4.79 Å². The second kappa shape index (κ2) is 15.7. The Balaban J connectivity index is 3.38. The first-order valence-corrected chi connectivity index (χ1v) is 7.86. The van der Waals surface area contributed by atoms with Gasteiger partial charge in [-0.15, -0.1) is 0 Å². The molecular weight excluding hydrogens is 244 g/mol. The summed E-state index contributed by atoms with van der Waals surface area (Å²) in [5, 5.41) is 0. The standard InChI is InChI=1S/C19H30O/c1-3-4-5-6-7-8-9-10-11-12-13-14-15-16-17-18-19(2)20/h4-5,7-8,10-11,13-14H,3,6,9,12,15-18H2,1-2H3/b5-4-,8-7-,11-10-,14-13-. The van der Waals surface area contributed by atoms with Crippen LogP contribution in [0.2, 0.25) is 0 Å². The molecule has 0 atom stereocenters. The topological polar surface area (TPSA) is 17.1 Å². The Morgan fingerprint density at radius 3 is 1.75 bits per heavy atom. The molecule has 0 spiro atoms. The van der Waals surface area contributed by atoms with E-state index >= 15 is 0 Å². The van der Waals surface area contributed by atoms with E-state index in [1.54, 1.807) is 6.92 Å². The van der Waals surface area contributed by atoms with Gasteiger partial charge in [0.1, 0.15) is 5.78 Å². The minimum absolute atomic E-state index is 0.301. The number of hydrogen-bond acceptors (Lipinski definition) is 1. The molecule has 0 aromatic heterocycles. The lowest BCUT2D eigenvalue weighted by atomic mass is 10.1. The van der Waals surface area contributed by atoms with Gasteiger partial charge in [-0.25, -0.2) is 0 Å². The third-order valence-corrected chi connectivity index (χ3v) is 2.87. The van der Waals surface area contributed by atoms with E-state index < -0.39 is 0 Å². The highest BCUT2D eigenvalue weighted by atomic mass is 16.1. The summed E-state index contributed by atoms with van der Waals surface area (Å²) in [4.78, 5) is 10.7. The highest BCUT2D eigenvalue weighted by Crippen LogP contribution is 2.02. The molecule has 0 fully saturated rings. The number of carbonyl (C=O) groups excluding carboxylic acids is 1. The molecule has 0 saturated carbocycles. The van der Waals surface area contributed by atoms with Crippen LogP contribution in [0.25, 0.3) is 0 Å². The van der Waals surface area contributed by atoms with Crippen molar-refractivity contribution in [3.05, 3.63) is 48.6 Å². The van der Waals surface area contributed by atoms with Crippen LogP contribution in [0, 0.1) is 0 Å². The minimum atomic E-state index is 0.301. The van der Waals surface area contributed by atoms with Crippen molar-refractivity contribution in [2.45, 2.75) is 65.2 Å². The Morgan fingerprint density at radius 1 is 0.750 bits per heavy atom. The molecule has 112 valence electrons. The van der Waals surface area contributed by atoms with Gasteiger partial charge in [-0.2, -0.15) is 0 Å². The van der Waals surface area contributed by atoms with E-state index in [-0.39, 0.29) is 0 Å². The lowest BCUT2D eigenvalue weighted by Crippen LogP contribution is -1.88. The average Bonchev–Trinajstić information content (AvgIpc) is 2.43. The van der Waals surface area contributed by atoms with Gasteiger partial charge in [-0.1, -0.05) is 55.5 Å². The first-order chi connectivity index (χ1) is 9.77. The highest BCUT2D eigenvalue weighted by molar-refractivity contribution is 5.75. The predicted octanol–water partition coefficient (Wildman–Crippen LogP) is 5.94. The lowest BCUT2D eigenvalue weighted by molar-refractivity contribution is -0.117.